The Hall–Kier alpha value is -5.14. The fourth-order valence-corrected chi connectivity index (χ4v) is 3.19. The van der Waals surface area contributed by atoms with Gasteiger partial charge in [0.25, 0.3) is 11.2 Å². The number of nitrogens with zero attached hydrogens (tertiary/aromatic N) is 3. The zero-order valence-electron chi connectivity index (χ0n) is 17.3. The number of hydrogen-bond acceptors (Lipinski definition) is 7. The average molecular weight is 485 g/mol. The Bertz CT molecular complexity index is 1560. The maximum Gasteiger partial charge on any atom is 0.412 e. The first-order chi connectivity index (χ1) is 16.6. The second-order valence-corrected chi connectivity index (χ2v) is 7.10. The molecule has 0 aliphatic heterocycles. The molecule has 178 valence electrons. The number of imidazole rings is 1. The molecule has 0 saturated carbocycles. The number of anilines is 1. The van der Waals surface area contributed by atoms with E-state index in [-0.39, 0.29) is 22.3 Å². The molecule has 0 bridgehead atoms. The first-order valence-corrected chi connectivity index (χ1v) is 9.63. The summed E-state index contributed by atoms with van der Waals surface area (Å²) in [4.78, 5) is 52.2. The van der Waals surface area contributed by atoms with Crippen molar-refractivity contribution < 1.29 is 33.1 Å². The standard InChI is InChI=1S/C21H13F2N5O7/c22-11-1-2-14(23)16(5-11)26-21(32)35-8-12-7-27(9-24-12)17-4-10-3-13(20(30)31)19(29)25-15(10)6-18(17)28(33)34/h1-7,9H,8H2,(H,25,29)(H,26,32)(H,30,31). The van der Waals surface area contributed by atoms with Crippen LogP contribution in [0.25, 0.3) is 16.6 Å². The lowest BCUT2D eigenvalue weighted by molar-refractivity contribution is -0.384. The molecular weight excluding hydrogens is 472 g/mol. The van der Waals surface area contributed by atoms with Crippen LogP contribution in [0.5, 0.6) is 0 Å². The van der Waals surface area contributed by atoms with Crippen LogP contribution in [0.3, 0.4) is 0 Å². The lowest BCUT2D eigenvalue weighted by atomic mass is 10.1. The van der Waals surface area contributed by atoms with Crippen LogP contribution in [0.15, 0.2) is 53.7 Å². The maximum absolute atomic E-state index is 13.6. The van der Waals surface area contributed by atoms with Crippen molar-refractivity contribution in [1.82, 2.24) is 14.5 Å². The number of aromatic amines is 1. The first kappa shape index (κ1) is 23.0. The summed E-state index contributed by atoms with van der Waals surface area (Å²) in [5.41, 5.74) is -2.09. The highest BCUT2D eigenvalue weighted by Crippen LogP contribution is 2.28. The zero-order valence-corrected chi connectivity index (χ0v) is 17.3. The second-order valence-electron chi connectivity index (χ2n) is 7.10. The summed E-state index contributed by atoms with van der Waals surface area (Å²) in [7, 11) is 0. The number of benzene rings is 2. The molecule has 4 aromatic rings. The van der Waals surface area contributed by atoms with Crippen molar-refractivity contribution in [2.75, 3.05) is 5.32 Å². The van der Waals surface area contributed by atoms with Crippen molar-refractivity contribution in [1.29, 1.82) is 0 Å². The van der Waals surface area contributed by atoms with Crippen molar-refractivity contribution in [3.05, 3.63) is 92.3 Å². The van der Waals surface area contributed by atoms with E-state index in [0.29, 0.717) is 0 Å². The predicted octanol–water partition coefficient (Wildman–Crippen LogP) is 3.35. The molecule has 0 aliphatic carbocycles. The monoisotopic (exact) mass is 485 g/mol. The van der Waals surface area contributed by atoms with E-state index in [2.05, 4.69) is 9.97 Å². The molecule has 12 nitrogen and oxygen atoms in total. The molecule has 2 heterocycles. The number of carbonyl (C=O) groups excluding carboxylic acids is 1. The van der Waals surface area contributed by atoms with Crippen LogP contribution in [0, 0.1) is 21.7 Å². The molecule has 0 saturated heterocycles. The second kappa shape index (κ2) is 9.01. The number of nitro groups is 1. The Balaban J connectivity index is 1.58. The largest absolute Gasteiger partial charge is 0.477 e. The van der Waals surface area contributed by atoms with Crippen molar-refractivity contribution >= 4 is 34.3 Å². The van der Waals surface area contributed by atoms with E-state index in [4.69, 9.17) is 9.84 Å². The molecule has 14 heteroatoms. The number of carboxylic acid groups (broad SMARTS) is 1. The molecule has 35 heavy (non-hydrogen) atoms. The van der Waals surface area contributed by atoms with E-state index in [0.717, 1.165) is 30.3 Å². The number of nitro benzene ring substituents is 1. The Morgan fingerprint density at radius 3 is 2.71 bits per heavy atom. The van der Waals surface area contributed by atoms with Gasteiger partial charge in [-0.05, 0) is 24.3 Å². The van der Waals surface area contributed by atoms with Gasteiger partial charge in [0, 0.05) is 23.7 Å². The maximum atomic E-state index is 13.6. The molecule has 2 aromatic heterocycles. The molecule has 0 radical (unpaired) electrons. The Morgan fingerprint density at radius 2 is 2.00 bits per heavy atom. The Kier molecular flexibility index (Phi) is 5.93. The summed E-state index contributed by atoms with van der Waals surface area (Å²) in [5, 5.41) is 23.0. The van der Waals surface area contributed by atoms with Crippen LogP contribution in [-0.2, 0) is 11.3 Å². The molecular formula is C21H13F2N5O7. The Labute approximate surface area is 192 Å². The zero-order chi connectivity index (χ0) is 25.3. The lowest BCUT2D eigenvalue weighted by Crippen LogP contribution is -2.17. The topological polar surface area (TPSA) is 169 Å². The van der Waals surface area contributed by atoms with Crippen LogP contribution in [0.2, 0.25) is 0 Å². The minimum atomic E-state index is -1.47. The van der Waals surface area contributed by atoms with Gasteiger partial charge < -0.3 is 14.8 Å². The molecule has 1 amide bonds. The molecule has 3 N–H and O–H groups in total. The van der Waals surface area contributed by atoms with Crippen LogP contribution in [-0.4, -0.2) is 36.6 Å². The van der Waals surface area contributed by atoms with E-state index in [1.807, 2.05) is 5.32 Å². The van der Waals surface area contributed by atoms with Crippen LogP contribution in [0.4, 0.5) is 25.0 Å². The quantitative estimate of drug-likeness (QED) is 0.276. The van der Waals surface area contributed by atoms with Gasteiger partial charge in [0.15, 0.2) is 0 Å². The van der Waals surface area contributed by atoms with Gasteiger partial charge in [-0.2, -0.15) is 0 Å². The number of fused-ring (bicyclic) bond motifs is 1. The molecule has 2 aromatic carbocycles. The average Bonchev–Trinajstić information content (AvgIpc) is 3.27. The van der Waals surface area contributed by atoms with Crippen molar-refractivity contribution in [2.45, 2.75) is 6.61 Å². The van der Waals surface area contributed by atoms with Gasteiger partial charge in [-0.1, -0.05) is 0 Å². The predicted molar refractivity (Wildman–Crippen MR) is 115 cm³/mol. The number of pyridine rings is 1. The van der Waals surface area contributed by atoms with E-state index in [9.17, 15) is 33.3 Å². The number of hydrogen-bond donors (Lipinski definition) is 3. The normalized spacial score (nSPS) is 10.8. The first-order valence-electron chi connectivity index (χ1n) is 9.63. The minimum absolute atomic E-state index is 0.00378. The number of carboxylic acids is 1. The SMILES string of the molecule is O=C(Nc1cc(F)ccc1F)OCc1cn(-c2cc3cc(C(=O)O)c(=O)[nH]c3cc2[N+](=O)[O-])cn1. The van der Waals surface area contributed by atoms with Gasteiger partial charge in [0.1, 0.15) is 29.5 Å². The third kappa shape index (κ3) is 4.80. The fraction of sp³-hybridized carbons (Fsp3) is 0.0476. The van der Waals surface area contributed by atoms with Crippen LogP contribution >= 0.6 is 0 Å². The molecule has 0 unspecified atom stereocenters. The van der Waals surface area contributed by atoms with E-state index in [1.165, 1.54) is 23.2 Å². The number of aromatic nitrogens is 3. The van der Waals surface area contributed by atoms with Gasteiger partial charge in [0.05, 0.1) is 28.1 Å². The number of carbonyl (C=O) groups is 2. The van der Waals surface area contributed by atoms with Crippen molar-refractivity contribution in [3.8, 4) is 5.69 Å². The fourth-order valence-electron chi connectivity index (χ4n) is 3.19. The highest BCUT2D eigenvalue weighted by Gasteiger charge is 2.20. The third-order valence-electron chi connectivity index (χ3n) is 4.80. The summed E-state index contributed by atoms with van der Waals surface area (Å²) in [6, 6.07) is 5.94. The van der Waals surface area contributed by atoms with E-state index < -0.39 is 57.7 Å². The number of nitrogens with one attached hydrogen (secondary N) is 2. The Morgan fingerprint density at radius 1 is 1.23 bits per heavy atom. The van der Waals surface area contributed by atoms with Gasteiger partial charge in [-0.15, -0.1) is 0 Å². The molecule has 0 aliphatic rings. The summed E-state index contributed by atoms with van der Waals surface area (Å²) < 4.78 is 33.0. The third-order valence-corrected chi connectivity index (χ3v) is 4.80. The van der Waals surface area contributed by atoms with Crippen LogP contribution < -0.4 is 10.9 Å². The van der Waals surface area contributed by atoms with E-state index in [1.54, 1.807) is 0 Å². The van der Waals surface area contributed by atoms with E-state index >= 15 is 0 Å². The number of halogens is 2. The van der Waals surface area contributed by atoms with Crippen molar-refractivity contribution in [2.24, 2.45) is 0 Å². The molecule has 0 atom stereocenters. The number of aromatic carboxylic acids is 1. The molecule has 4 rings (SSSR count). The van der Waals surface area contributed by atoms with Gasteiger partial charge in [0.2, 0.25) is 0 Å². The highest BCUT2D eigenvalue weighted by molar-refractivity contribution is 5.94. The summed E-state index contributed by atoms with van der Waals surface area (Å²) in [5.74, 6) is -3.10. The highest BCUT2D eigenvalue weighted by atomic mass is 19.1. The molecule has 0 spiro atoms. The number of H-pyrrole nitrogens is 1. The van der Waals surface area contributed by atoms with Gasteiger partial charge in [-0.3, -0.25) is 24.8 Å². The minimum Gasteiger partial charge on any atom is -0.477 e. The van der Waals surface area contributed by atoms with Crippen molar-refractivity contribution in [3.63, 3.8) is 0 Å². The number of rotatable bonds is 6. The van der Waals surface area contributed by atoms with Crippen LogP contribution in [0.1, 0.15) is 16.1 Å². The summed E-state index contributed by atoms with van der Waals surface area (Å²) >= 11 is 0. The van der Waals surface area contributed by atoms with Gasteiger partial charge >= 0.3 is 12.1 Å². The summed E-state index contributed by atoms with van der Waals surface area (Å²) in [6.45, 7) is -0.409. The molecule has 0 fully saturated rings. The van der Waals surface area contributed by atoms with Gasteiger partial charge in [-0.25, -0.2) is 23.4 Å². The lowest BCUT2D eigenvalue weighted by Gasteiger charge is -2.07. The summed E-state index contributed by atoms with van der Waals surface area (Å²) in [6.07, 6.45) is 1.42. The smallest absolute Gasteiger partial charge is 0.412 e. The number of amides is 1. The number of ether oxygens (including phenoxy) is 1.